The van der Waals surface area contributed by atoms with Crippen molar-refractivity contribution in [2.75, 3.05) is 6.54 Å². The van der Waals surface area contributed by atoms with Crippen molar-refractivity contribution in [2.24, 2.45) is 17.6 Å². The Hall–Kier alpha value is -1.09. The van der Waals surface area contributed by atoms with Crippen LogP contribution >= 0.6 is 0 Å². The van der Waals surface area contributed by atoms with E-state index in [1.165, 1.54) is 18.6 Å². The molecule has 2 unspecified atom stereocenters. The highest BCUT2D eigenvalue weighted by Gasteiger charge is 2.25. The Morgan fingerprint density at radius 2 is 1.84 bits per heavy atom. The summed E-state index contributed by atoms with van der Waals surface area (Å²) >= 11 is 0. The van der Waals surface area contributed by atoms with Gasteiger partial charge < -0.3 is 10.5 Å². The highest BCUT2D eigenvalue weighted by atomic mass is 19.1. The van der Waals surface area contributed by atoms with Gasteiger partial charge in [0.1, 0.15) is 11.6 Å². The van der Waals surface area contributed by atoms with E-state index in [9.17, 15) is 4.39 Å². The van der Waals surface area contributed by atoms with E-state index in [2.05, 4.69) is 13.8 Å². The maximum Gasteiger partial charge on any atom is 0.127 e. The average molecular weight is 265 g/mol. The molecule has 0 heterocycles. The number of benzene rings is 1. The van der Waals surface area contributed by atoms with Crippen LogP contribution < -0.4 is 10.5 Å². The second-order valence-corrected chi connectivity index (χ2v) is 5.99. The zero-order valence-electron chi connectivity index (χ0n) is 11.9. The van der Waals surface area contributed by atoms with Gasteiger partial charge in [-0.2, -0.15) is 0 Å². The van der Waals surface area contributed by atoms with Crippen LogP contribution in [0.25, 0.3) is 0 Å². The van der Waals surface area contributed by atoms with Gasteiger partial charge in [0.2, 0.25) is 0 Å². The Morgan fingerprint density at radius 1 is 1.16 bits per heavy atom. The predicted octanol–water partition coefficient (Wildman–Crippen LogP) is 3.53. The number of rotatable bonds is 4. The lowest BCUT2D eigenvalue weighted by atomic mass is 9.82. The summed E-state index contributed by atoms with van der Waals surface area (Å²) in [6, 6.07) is 4.93. The summed E-state index contributed by atoms with van der Waals surface area (Å²) in [6.07, 6.45) is 4.29. The molecule has 1 aromatic rings. The number of nitrogens with two attached hydrogens (primary N) is 1. The fourth-order valence-electron chi connectivity index (χ4n) is 3.16. The lowest BCUT2D eigenvalue weighted by Crippen LogP contribution is -2.28. The molecule has 0 radical (unpaired) electrons. The number of hydrogen-bond acceptors (Lipinski definition) is 2. The van der Waals surface area contributed by atoms with Gasteiger partial charge in [-0.05, 0) is 61.8 Å². The van der Waals surface area contributed by atoms with Gasteiger partial charge in [-0.3, -0.25) is 0 Å². The molecule has 1 fully saturated rings. The Kier molecular flexibility index (Phi) is 4.81. The molecule has 0 aromatic heterocycles. The molecule has 3 heteroatoms. The summed E-state index contributed by atoms with van der Waals surface area (Å²) in [5.74, 6) is 1.78. The van der Waals surface area contributed by atoms with Crippen LogP contribution in [0.2, 0.25) is 0 Å². The number of halogens is 1. The zero-order valence-corrected chi connectivity index (χ0v) is 11.9. The molecular weight excluding hydrogens is 241 g/mol. The first-order chi connectivity index (χ1) is 9.06. The van der Waals surface area contributed by atoms with E-state index in [0.29, 0.717) is 30.6 Å². The van der Waals surface area contributed by atoms with E-state index >= 15 is 0 Å². The predicted molar refractivity (Wildman–Crippen MR) is 75.8 cm³/mol. The lowest BCUT2D eigenvalue weighted by Gasteiger charge is -2.31. The van der Waals surface area contributed by atoms with E-state index < -0.39 is 0 Å². The molecule has 0 spiro atoms. The van der Waals surface area contributed by atoms with Gasteiger partial charge in [-0.1, -0.05) is 13.8 Å². The first-order valence-electron chi connectivity index (χ1n) is 7.23. The SMILES string of the molecule is CC1CC(C)CC(Oc2cc(F)cc(CCN)c2)C1. The minimum Gasteiger partial charge on any atom is -0.490 e. The molecule has 1 aliphatic rings. The Morgan fingerprint density at radius 3 is 2.47 bits per heavy atom. The van der Waals surface area contributed by atoms with Crippen LogP contribution in [0.1, 0.15) is 38.7 Å². The number of hydrogen-bond donors (Lipinski definition) is 1. The van der Waals surface area contributed by atoms with Gasteiger partial charge >= 0.3 is 0 Å². The van der Waals surface area contributed by atoms with Gasteiger partial charge in [0.25, 0.3) is 0 Å². The summed E-state index contributed by atoms with van der Waals surface area (Å²) in [4.78, 5) is 0. The third kappa shape index (κ3) is 4.20. The molecule has 106 valence electrons. The van der Waals surface area contributed by atoms with Crippen molar-refractivity contribution in [1.29, 1.82) is 0 Å². The van der Waals surface area contributed by atoms with Crippen LogP contribution in [-0.2, 0) is 6.42 Å². The summed E-state index contributed by atoms with van der Waals surface area (Å²) in [5.41, 5.74) is 6.43. The monoisotopic (exact) mass is 265 g/mol. The summed E-state index contributed by atoms with van der Waals surface area (Å²) in [6.45, 7) is 5.05. The molecule has 1 saturated carbocycles. The van der Waals surface area contributed by atoms with Crippen molar-refractivity contribution < 1.29 is 9.13 Å². The van der Waals surface area contributed by atoms with Crippen LogP contribution in [-0.4, -0.2) is 12.6 Å². The van der Waals surface area contributed by atoms with Crippen LogP contribution in [0.15, 0.2) is 18.2 Å². The molecule has 2 rings (SSSR count). The summed E-state index contributed by atoms with van der Waals surface area (Å²) < 4.78 is 19.5. The number of ether oxygens (including phenoxy) is 1. The minimum absolute atomic E-state index is 0.214. The van der Waals surface area contributed by atoms with Crippen molar-refractivity contribution >= 4 is 0 Å². The summed E-state index contributed by atoms with van der Waals surface area (Å²) in [7, 11) is 0. The molecule has 19 heavy (non-hydrogen) atoms. The third-order valence-corrected chi connectivity index (χ3v) is 3.80. The van der Waals surface area contributed by atoms with E-state index in [-0.39, 0.29) is 11.9 Å². The first kappa shape index (κ1) is 14.3. The third-order valence-electron chi connectivity index (χ3n) is 3.80. The Bertz CT molecular complexity index is 411. The molecule has 1 aliphatic carbocycles. The van der Waals surface area contributed by atoms with Crippen molar-refractivity contribution in [3.05, 3.63) is 29.6 Å². The van der Waals surface area contributed by atoms with Crippen LogP contribution in [0.4, 0.5) is 4.39 Å². The van der Waals surface area contributed by atoms with Crippen LogP contribution in [0, 0.1) is 17.7 Å². The molecule has 1 aromatic carbocycles. The molecule has 0 bridgehead atoms. The smallest absolute Gasteiger partial charge is 0.127 e. The quantitative estimate of drug-likeness (QED) is 0.904. The highest BCUT2D eigenvalue weighted by Crippen LogP contribution is 2.31. The average Bonchev–Trinajstić information content (AvgIpc) is 2.26. The van der Waals surface area contributed by atoms with Gasteiger partial charge in [-0.25, -0.2) is 4.39 Å². The second-order valence-electron chi connectivity index (χ2n) is 5.99. The molecule has 0 saturated heterocycles. The van der Waals surface area contributed by atoms with Crippen molar-refractivity contribution in [3.63, 3.8) is 0 Å². The fourth-order valence-corrected chi connectivity index (χ4v) is 3.16. The van der Waals surface area contributed by atoms with Crippen molar-refractivity contribution in [2.45, 2.75) is 45.6 Å². The van der Waals surface area contributed by atoms with Gasteiger partial charge in [0, 0.05) is 6.07 Å². The Labute approximate surface area is 115 Å². The van der Waals surface area contributed by atoms with Crippen LogP contribution in [0.5, 0.6) is 5.75 Å². The normalized spacial score (nSPS) is 27.3. The molecule has 2 nitrogen and oxygen atoms in total. The maximum absolute atomic E-state index is 13.5. The van der Waals surface area contributed by atoms with Crippen LogP contribution in [0.3, 0.4) is 0 Å². The molecular formula is C16H24FNO. The fraction of sp³-hybridized carbons (Fsp3) is 0.625. The minimum atomic E-state index is -0.238. The van der Waals surface area contributed by atoms with Gasteiger partial charge in [-0.15, -0.1) is 0 Å². The highest BCUT2D eigenvalue weighted by molar-refractivity contribution is 5.30. The molecule has 2 atom stereocenters. The molecule has 2 N–H and O–H groups in total. The van der Waals surface area contributed by atoms with Crippen molar-refractivity contribution in [1.82, 2.24) is 0 Å². The van der Waals surface area contributed by atoms with E-state index in [0.717, 1.165) is 18.4 Å². The topological polar surface area (TPSA) is 35.2 Å². The largest absolute Gasteiger partial charge is 0.490 e. The lowest BCUT2D eigenvalue weighted by molar-refractivity contribution is 0.101. The van der Waals surface area contributed by atoms with E-state index in [1.54, 1.807) is 0 Å². The zero-order chi connectivity index (χ0) is 13.8. The van der Waals surface area contributed by atoms with Gasteiger partial charge in [0.15, 0.2) is 0 Å². The summed E-state index contributed by atoms with van der Waals surface area (Å²) in [5, 5.41) is 0. The van der Waals surface area contributed by atoms with E-state index in [1.807, 2.05) is 6.07 Å². The van der Waals surface area contributed by atoms with Crippen molar-refractivity contribution in [3.8, 4) is 5.75 Å². The standard InChI is InChI=1S/C16H24FNO/c1-11-5-12(2)7-15(6-11)19-16-9-13(3-4-18)8-14(17)10-16/h8-12,15H,3-7,18H2,1-2H3. The Balaban J connectivity index is 2.05. The maximum atomic E-state index is 13.5. The molecule has 0 aliphatic heterocycles. The molecule has 0 amide bonds. The second kappa shape index (κ2) is 6.38. The first-order valence-corrected chi connectivity index (χ1v) is 7.23. The van der Waals surface area contributed by atoms with E-state index in [4.69, 9.17) is 10.5 Å². The van der Waals surface area contributed by atoms with Gasteiger partial charge in [0.05, 0.1) is 6.10 Å².